The van der Waals surface area contributed by atoms with Crippen LogP contribution in [-0.2, 0) is 4.79 Å². The molecule has 0 radical (unpaired) electrons. The van der Waals surface area contributed by atoms with E-state index in [0.29, 0.717) is 18.7 Å². The van der Waals surface area contributed by atoms with Crippen LogP contribution >= 0.6 is 0 Å². The van der Waals surface area contributed by atoms with Gasteiger partial charge in [-0.25, -0.2) is 9.59 Å². The molecule has 0 saturated carbocycles. The van der Waals surface area contributed by atoms with E-state index >= 15 is 0 Å². The molecule has 1 aliphatic heterocycles. The van der Waals surface area contributed by atoms with Crippen molar-refractivity contribution in [2.45, 2.75) is 25.8 Å². The topological polar surface area (TPSA) is 108 Å². The highest BCUT2D eigenvalue weighted by Gasteiger charge is 2.23. The lowest BCUT2D eigenvalue weighted by Crippen LogP contribution is -2.51. The minimum Gasteiger partial charge on any atom is -0.478 e. The average molecular weight is 291 g/mol. The maximum Gasteiger partial charge on any atom is 0.335 e. The summed E-state index contributed by atoms with van der Waals surface area (Å²) < 4.78 is 0. The Morgan fingerprint density at radius 3 is 2.81 bits per heavy atom. The van der Waals surface area contributed by atoms with Gasteiger partial charge in [-0.15, -0.1) is 0 Å². The number of piperidine rings is 1. The fourth-order valence-corrected chi connectivity index (χ4v) is 2.12. The SMILES string of the molecule is Cc1ccc(C(=O)O)cc1NC(=O)NC1CCCNC1=O. The highest BCUT2D eigenvalue weighted by molar-refractivity contribution is 5.96. The van der Waals surface area contributed by atoms with Gasteiger partial charge < -0.3 is 21.1 Å². The summed E-state index contributed by atoms with van der Waals surface area (Å²) in [5, 5.41) is 16.8. The van der Waals surface area contributed by atoms with Crippen molar-refractivity contribution in [3.8, 4) is 0 Å². The van der Waals surface area contributed by atoms with Crippen molar-refractivity contribution in [2.75, 3.05) is 11.9 Å². The summed E-state index contributed by atoms with van der Waals surface area (Å²) in [7, 11) is 0. The predicted octanol–water partition coefficient (Wildman–Crippen LogP) is 1.09. The molecule has 1 aromatic rings. The van der Waals surface area contributed by atoms with Crippen molar-refractivity contribution in [3.63, 3.8) is 0 Å². The predicted molar refractivity (Wildman–Crippen MR) is 76.3 cm³/mol. The number of hydrogen-bond acceptors (Lipinski definition) is 3. The third-order valence-electron chi connectivity index (χ3n) is 3.32. The molecule has 0 aromatic heterocycles. The number of aryl methyl sites for hydroxylation is 1. The minimum atomic E-state index is -1.06. The highest BCUT2D eigenvalue weighted by atomic mass is 16.4. The number of benzene rings is 1. The Kier molecular flexibility index (Phi) is 4.42. The van der Waals surface area contributed by atoms with Crippen LogP contribution in [0, 0.1) is 6.92 Å². The second-order valence-corrected chi connectivity index (χ2v) is 4.92. The van der Waals surface area contributed by atoms with E-state index in [-0.39, 0.29) is 11.5 Å². The average Bonchev–Trinajstić information content (AvgIpc) is 2.43. The lowest BCUT2D eigenvalue weighted by atomic mass is 10.1. The molecule has 4 N–H and O–H groups in total. The van der Waals surface area contributed by atoms with Gasteiger partial charge in [0.25, 0.3) is 0 Å². The Morgan fingerprint density at radius 1 is 1.38 bits per heavy atom. The van der Waals surface area contributed by atoms with E-state index in [9.17, 15) is 14.4 Å². The van der Waals surface area contributed by atoms with Gasteiger partial charge >= 0.3 is 12.0 Å². The van der Waals surface area contributed by atoms with Gasteiger partial charge in [-0.3, -0.25) is 4.79 Å². The molecular formula is C14H17N3O4. The fourth-order valence-electron chi connectivity index (χ4n) is 2.12. The Morgan fingerprint density at radius 2 is 2.14 bits per heavy atom. The molecule has 7 heteroatoms. The van der Waals surface area contributed by atoms with Gasteiger partial charge in [-0.05, 0) is 37.5 Å². The first-order valence-electron chi connectivity index (χ1n) is 6.66. The molecule has 1 atom stereocenters. The van der Waals surface area contributed by atoms with Crippen molar-refractivity contribution in [3.05, 3.63) is 29.3 Å². The van der Waals surface area contributed by atoms with Gasteiger partial charge in [-0.1, -0.05) is 6.07 Å². The van der Waals surface area contributed by atoms with E-state index in [2.05, 4.69) is 16.0 Å². The summed E-state index contributed by atoms with van der Waals surface area (Å²) in [6.07, 6.45) is 1.40. The van der Waals surface area contributed by atoms with Gasteiger partial charge in [0.05, 0.1) is 5.56 Å². The Bertz CT molecular complexity index is 586. The molecule has 0 spiro atoms. The molecule has 1 aliphatic rings. The Labute approximate surface area is 121 Å². The molecule has 0 bridgehead atoms. The molecule has 1 fully saturated rings. The maximum atomic E-state index is 11.9. The molecule has 2 rings (SSSR count). The van der Waals surface area contributed by atoms with Crippen molar-refractivity contribution in [1.82, 2.24) is 10.6 Å². The van der Waals surface area contributed by atoms with Crippen molar-refractivity contribution in [2.24, 2.45) is 0 Å². The van der Waals surface area contributed by atoms with E-state index < -0.39 is 18.0 Å². The summed E-state index contributed by atoms with van der Waals surface area (Å²) >= 11 is 0. The fraction of sp³-hybridized carbons (Fsp3) is 0.357. The molecule has 0 aliphatic carbocycles. The third-order valence-corrected chi connectivity index (χ3v) is 3.32. The van der Waals surface area contributed by atoms with Crippen LogP contribution in [0.25, 0.3) is 0 Å². The number of rotatable bonds is 3. The lowest BCUT2D eigenvalue weighted by molar-refractivity contribution is -0.124. The van der Waals surface area contributed by atoms with Crippen LogP contribution in [0.5, 0.6) is 0 Å². The monoisotopic (exact) mass is 291 g/mol. The van der Waals surface area contributed by atoms with Crippen molar-refractivity contribution in [1.29, 1.82) is 0 Å². The standard InChI is InChI=1S/C14H17N3O4/c1-8-4-5-9(13(19)20)7-11(8)17-14(21)16-10-3-2-6-15-12(10)18/h4-5,7,10H,2-3,6H2,1H3,(H,15,18)(H,19,20)(H2,16,17,21). The van der Waals surface area contributed by atoms with E-state index in [1.54, 1.807) is 13.0 Å². The molecule has 7 nitrogen and oxygen atoms in total. The van der Waals surface area contributed by atoms with Gasteiger partial charge in [0.1, 0.15) is 6.04 Å². The van der Waals surface area contributed by atoms with Gasteiger partial charge in [-0.2, -0.15) is 0 Å². The molecular weight excluding hydrogens is 274 g/mol. The van der Waals surface area contributed by atoms with E-state index in [4.69, 9.17) is 5.11 Å². The second-order valence-electron chi connectivity index (χ2n) is 4.92. The summed E-state index contributed by atoms with van der Waals surface area (Å²) in [5.74, 6) is -1.27. The molecule has 1 aromatic carbocycles. The Balaban J connectivity index is 2.03. The van der Waals surface area contributed by atoms with Crippen LogP contribution < -0.4 is 16.0 Å². The van der Waals surface area contributed by atoms with E-state index in [1.165, 1.54) is 12.1 Å². The Hall–Kier alpha value is -2.57. The first kappa shape index (κ1) is 14.8. The number of carbonyl (C=O) groups is 3. The molecule has 3 amide bonds. The number of carbonyl (C=O) groups excluding carboxylic acids is 2. The number of aromatic carboxylic acids is 1. The van der Waals surface area contributed by atoms with Gasteiger partial charge in [0.15, 0.2) is 0 Å². The quantitative estimate of drug-likeness (QED) is 0.668. The zero-order valence-electron chi connectivity index (χ0n) is 11.6. The third kappa shape index (κ3) is 3.71. The molecule has 1 heterocycles. The van der Waals surface area contributed by atoms with E-state index in [1.807, 2.05) is 0 Å². The number of amides is 3. The van der Waals surface area contributed by atoms with Crippen LogP contribution in [0.3, 0.4) is 0 Å². The van der Waals surface area contributed by atoms with Crippen LogP contribution in [0.2, 0.25) is 0 Å². The first-order valence-corrected chi connectivity index (χ1v) is 6.66. The molecule has 1 unspecified atom stereocenters. The van der Waals surface area contributed by atoms with Crippen LogP contribution in [0.4, 0.5) is 10.5 Å². The first-order chi connectivity index (χ1) is 9.97. The van der Waals surface area contributed by atoms with E-state index in [0.717, 1.165) is 12.0 Å². The second kappa shape index (κ2) is 6.25. The number of urea groups is 1. The molecule has 1 saturated heterocycles. The zero-order chi connectivity index (χ0) is 15.4. The normalized spacial score (nSPS) is 17.8. The summed E-state index contributed by atoms with van der Waals surface area (Å²) in [6.45, 7) is 2.38. The number of carboxylic acids is 1. The summed E-state index contributed by atoms with van der Waals surface area (Å²) in [4.78, 5) is 34.4. The molecule has 21 heavy (non-hydrogen) atoms. The van der Waals surface area contributed by atoms with Crippen LogP contribution in [-0.4, -0.2) is 35.6 Å². The minimum absolute atomic E-state index is 0.0892. The highest BCUT2D eigenvalue weighted by Crippen LogP contribution is 2.17. The van der Waals surface area contributed by atoms with Gasteiger partial charge in [0, 0.05) is 12.2 Å². The van der Waals surface area contributed by atoms with Crippen LogP contribution in [0.15, 0.2) is 18.2 Å². The zero-order valence-corrected chi connectivity index (χ0v) is 11.6. The summed E-state index contributed by atoms with van der Waals surface area (Å²) in [5.41, 5.74) is 1.23. The summed E-state index contributed by atoms with van der Waals surface area (Å²) in [6, 6.07) is 3.39. The molecule has 112 valence electrons. The smallest absolute Gasteiger partial charge is 0.335 e. The maximum absolute atomic E-state index is 11.9. The number of nitrogens with one attached hydrogen (secondary N) is 3. The largest absolute Gasteiger partial charge is 0.478 e. The van der Waals surface area contributed by atoms with Crippen molar-refractivity contribution < 1.29 is 19.5 Å². The van der Waals surface area contributed by atoms with Crippen LogP contribution in [0.1, 0.15) is 28.8 Å². The number of carboxylic acid groups (broad SMARTS) is 1. The number of anilines is 1. The number of hydrogen-bond donors (Lipinski definition) is 4. The van der Waals surface area contributed by atoms with Gasteiger partial charge in [0.2, 0.25) is 5.91 Å². The van der Waals surface area contributed by atoms with Crippen molar-refractivity contribution >= 4 is 23.6 Å². The lowest BCUT2D eigenvalue weighted by Gasteiger charge is -2.23.